The van der Waals surface area contributed by atoms with Gasteiger partial charge in [0.15, 0.2) is 0 Å². The van der Waals surface area contributed by atoms with E-state index < -0.39 is 0 Å². The average molecular weight is 173 g/mol. The van der Waals surface area contributed by atoms with E-state index in [1.54, 1.807) is 14.2 Å². The minimum absolute atomic E-state index is 1.12. The fraction of sp³-hybridized carbons (Fsp3) is 1.00. The average Bonchev–Trinajstić information content (AvgIpc) is 2.65. The van der Waals surface area contributed by atoms with Crippen LogP contribution in [0.1, 0.15) is 20.3 Å². The summed E-state index contributed by atoms with van der Waals surface area (Å²) in [6, 6.07) is 0. The van der Waals surface area contributed by atoms with Crippen molar-refractivity contribution in [3.63, 3.8) is 0 Å². The van der Waals surface area contributed by atoms with E-state index in [-0.39, 0.29) is 0 Å². The predicted molar refractivity (Wildman–Crippen MR) is 53.4 cm³/mol. The number of methoxy groups -OCH3 is 1. The monoisotopic (exact) mass is 173 g/mol. The summed E-state index contributed by atoms with van der Waals surface area (Å²) in [5.41, 5.74) is 0. The van der Waals surface area contributed by atoms with Gasteiger partial charge in [0, 0.05) is 27.3 Å². The van der Waals surface area contributed by atoms with Gasteiger partial charge in [-0.05, 0) is 25.3 Å². The molecule has 2 nitrogen and oxygen atoms in total. The summed E-state index contributed by atoms with van der Waals surface area (Å²) >= 11 is 0. The Balaban J connectivity index is 0.000000211. The maximum absolute atomic E-state index is 4.25. The first-order valence-corrected chi connectivity index (χ1v) is 4.86. The van der Waals surface area contributed by atoms with Gasteiger partial charge in [0.25, 0.3) is 0 Å². The molecule has 1 saturated heterocycles. The Labute approximate surface area is 76.9 Å². The molecule has 0 aromatic rings. The second kappa shape index (κ2) is 6.44. The highest BCUT2D eigenvalue weighted by Crippen LogP contribution is 2.43. The van der Waals surface area contributed by atoms with E-state index in [0.29, 0.717) is 0 Å². The number of piperidine rings is 1. The fourth-order valence-corrected chi connectivity index (χ4v) is 1.63. The van der Waals surface area contributed by atoms with Crippen LogP contribution in [0.15, 0.2) is 0 Å². The lowest BCUT2D eigenvalue weighted by atomic mass is 10.4. The van der Waals surface area contributed by atoms with Crippen molar-refractivity contribution in [3.8, 4) is 0 Å². The number of rotatable bonds is 0. The van der Waals surface area contributed by atoms with E-state index in [1.165, 1.54) is 19.5 Å². The van der Waals surface area contributed by atoms with Gasteiger partial charge in [-0.25, -0.2) is 0 Å². The summed E-state index contributed by atoms with van der Waals surface area (Å²) in [6.45, 7) is 6.76. The van der Waals surface area contributed by atoms with Crippen LogP contribution in [0.3, 0.4) is 0 Å². The van der Waals surface area contributed by atoms with Crippen LogP contribution in [0, 0.1) is 11.8 Å². The lowest BCUT2D eigenvalue weighted by Gasteiger charge is -2.06. The van der Waals surface area contributed by atoms with Crippen LogP contribution in [0.4, 0.5) is 0 Å². The van der Waals surface area contributed by atoms with Gasteiger partial charge in [-0.3, -0.25) is 0 Å². The molecule has 74 valence electrons. The van der Waals surface area contributed by atoms with E-state index in [0.717, 1.165) is 11.8 Å². The zero-order valence-electron chi connectivity index (χ0n) is 9.13. The normalized spacial score (nSPS) is 30.8. The van der Waals surface area contributed by atoms with Crippen molar-refractivity contribution in [2.45, 2.75) is 20.3 Å². The van der Waals surface area contributed by atoms with Crippen molar-refractivity contribution in [2.24, 2.45) is 11.8 Å². The number of fused-ring (bicyclic) bond motifs is 1. The quantitative estimate of drug-likeness (QED) is 0.554. The van der Waals surface area contributed by atoms with Crippen molar-refractivity contribution >= 4 is 0 Å². The fourth-order valence-electron chi connectivity index (χ4n) is 1.63. The Kier molecular flexibility index (Phi) is 6.39. The molecule has 1 aliphatic carbocycles. The second-order valence-corrected chi connectivity index (χ2v) is 3.39. The molecule has 1 heterocycles. The summed E-state index contributed by atoms with van der Waals surface area (Å²) < 4.78 is 4.25. The molecule has 2 heteroatoms. The first kappa shape index (κ1) is 11.9. The van der Waals surface area contributed by atoms with Crippen LogP contribution >= 0.6 is 0 Å². The smallest absolute Gasteiger partial charge is 0.0351 e. The van der Waals surface area contributed by atoms with Crippen molar-refractivity contribution in [2.75, 3.05) is 34.4 Å². The number of likely N-dealkylation sites (tertiary alicyclic amines) is 1. The molecule has 2 rings (SSSR count). The molecule has 1 saturated carbocycles. The molecule has 2 fully saturated rings. The van der Waals surface area contributed by atoms with E-state index in [9.17, 15) is 0 Å². The summed E-state index contributed by atoms with van der Waals surface area (Å²) in [6.07, 6.45) is 1.53. The Morgan fingerprint density at radius 1 is 1.08 bits per heavy atom. The van der Waals surface area contributed by atoms with Gasteiger partial charge in [0.2, 0.25) is 0 Å². The molecule has 2 aliphatic rings. The third-order valence-corrected chi connectivity index (χ3v) is 2.16. The minimum atomic E-state index is 1.12. The number of nitrogens with zero attached hydrogens (tertiary/aromatic N) is 1. The second-order valence-electron chi connectivity index (χ2n) is 3.39. The Bertz CT molecular complexity index is 96.0. The van der Waals surface area contributed by atoms with Crippen LogP contribution in [-0.2, 0) is 4.74 Å². The predicted octanol–water partition coefficient (Wildman–Crippen LogP) is 1.86. The molecular weight excluding hydrogens is 150 g/mol. The van der Waals surface area contributed by atoms with E-state index in [4.69, 9.17) is 0 Å². The third-order valence-electron chi connectivity index (χ3n) is 2.16. The molecule has 0 bridgehead atoms. The van der Waals surface area contributed by atoms with E-state index in [1.807, 2.05) is 13.8 Å². The van der Waals surface area contributed by atoms with Crippen LogP contribution in [-0.4, -0.2) is 39.3 Å². The maximum atomic E-state index is 4.25. The molecule has 2 atom stereocenters. The first-order chi connectivity index (χ1) is 5.77. The Hall–Kier alpha value is -0.0800. The third kappa shape index (κ3) is 4.07. The van der Waals surface area contributed by atoms with E-state index in [2.05, 4.69) is 16.7 Å². The van der Waals surface area contributed by atoms with Gasteiger partial charge in [-0.2, -0.15) is 0 Å². The molecule has 0 N–H and O–H groups in total. The summed E-state index contributed by atoms with van der Waals surface area (Å²) in [5.74, 6) is 2.23. The Morgan fingerprint density at radius 2 is 1.42 bits per heavy atom. The SMILES string of the molecule is CC.CN1CC2CC2C1.COC. The van der Waals surface area contributed by atoms with Gasteiger partial charge >= 0.3 is 0 Å². The van der Waals surface area contributed by atoms with Gasteiger partial charge < -0.3 is 9.64 Å². The van der Waals surface area contributed by atoms with Gasteiger partial charge in [0.05, 0.1) is 0 Å². The molecule has 0 aromatic carbocycles. The highest BCUT2D eigenvalue weighted by Gasteiger charge is 2.43. The largest absolute Gasteiger partial charge is 0.388 e. The summed E-state index contributed by atoms with van der Waals surface area (Å²) in [4.78, 5) is 2.43. The number of ether oxygens (including phenoxy) is 1. The zero-order valence-corrected chi connectivity index (χ0v) is 9.13. The van der Waals surface area contributed by atoms with Crippen molar-refractivity contribution in [1.29, 1.82) is 0 Å². The molecule has 1 aliphatic heterocycles. The molecule has 0 radical (unpaired) electrons. The maximum Gasteiger partial charge on any atom is 0.0351 e. The number of hydrogen-bond donors (Lipinski definition) is 0. The molecule has 0 amide bonds. The van der Waals surface area contributed by atoms with Gasteiger partial charge in [-0.15, -0.1) is 0 Å². The van der Waals surface area contributed by atoms with Crippen LogP contribution in [0.5, 0.6) is 0 Å². The van der Waals surface area contributed by atoms with Crippen LogP contribution in [0.2, 0.25) is 0 Å². The van der Waals surface area contributed by atoms with Crippen molar-refractivity contribution < 1.29 is 4.74 Å². The molecule has 2 unspecified atom stereocenters. The van der Waals surface area contributed by atoms with Crippen LogP contribution in [0.25, 0.3) is 0 Å². The Morgan fingerprint density at radius 3 is 1.58 bits per heavy atom. The highest BCUT2D eigenvalue weighted by atomic mass is 16.4. The van der Waals surface area contributed by atoms with Crippen molar-refractivity contribution in [1.82, 2.24) is 4.90 Å². The lowest BCUT2D eigenvalue weighted by molar-refractivity contribution is 0.277. The molecule has 12 heavy (non-hydrogen) atoms. The molecule has 0 spiro atoms. The summed E-state index contributed by atoms with van der Waals surface area (Å²) in [5, 5.41) is 0. The molecule has 0 aromatic heterocycles. The standard InChI is InChI=1S/C6H11N.C2H6O.C2H6/c1-7-3-5-2-6(5)4-7;1-3-2;1-2/h5-6H,2-4H2,1H3;1-2H3;1-2H3. The van der Waals surface area contributed by atoms with Crippen molar-refractivity contribution in [3.05, 3.63) is 0 Å². The number of hydrogen-bond acceptors (Lipinski definition) is 2. The van der Waals surface area contributed by atoms with Crippen LogP contribution < -0.4 is 0 Å². The zero-order chi connectivity index (χ0) is 9.56. The topological polar surface area (TPSA) is 12.5 Å². The first-order valence-electron chi connectivity index (χ1n) is 4.86. The van der Waals surface area contributed by atoms with Gasteiger partial charge in [-0.1, -0.05) is 13.8 Å². The highest BCUT2D eigenvalue weighted by molar-refractivity contribution is 4.95. The lowest BCUT2D eigenvalue weighted by Crippen LogP contribution is -2.15. The summed E-state index contributed by atoms with van der Waals surface area (Å²) in [7, 11) is 5.46. The van der Waals surface area contributed by atoms with Gasteiger partial charge in [0.1, 0.15) is 0 Å². The molecular formula is C10H23NO. The van der Waals surface area contributed by atoms with E-state index >= 15 is 0 Å². The minimum Gasteiger partial charge on any atom is -0.388 e.